The molecule has 0 saturated carbocycles. The van der Waals surface area contributed by atoms with Crippen LogP contribution in [0.1, 0.15) is 17.7 Å². The highest BCUT2D eigenvalue weighted by Crippen LogP contribution is 2.27. The number of aromatic nitrogens is 1. The summed E-state index contributed by atoms with van der Waals surface area (Å²) in [5, 5.41) is 9.56. The molecular weight excluding hydrogens is 221 g/mol. The molecule has 0 radical (unpaired) electrons. The molecule has 90 valence electrons. The lowest BCUT2D eigenvalue weighted by Crippen LogP contribution is -2.06. The predicted molar refractivity (Wildman–Crippen MR) is 63.6 cm³/mol. The van der Waals surface area contributed by atoms with E-state index in [0.717, 1.165) is 16.6 Å². The van der Waals surface area contributed by atoms with Crippen LogP contribution >= 0.6 is 0 Å². The van der Waals surface area contributed by atoms with Crippen molar-refractivity contribution in [3.63, 3.8) is 0 Å². The SMILES string of the molecule is Cc1c(C)n(CCC(=O)O)c2c(F)cccc12. The van der Waals surface area contributed by atoms with E-state index in [-0.39, 0.29) is 12.2 Å². The molecule has 17 heavy (non-hydrogen) atoms. The normalized spacial score (nSPS) is 11.0. The molecule has 1 aromatic heterocycles. The van der Waals surface area contributed by atoms with Crippen LogP contribution in [0.3, 0.4) is 0 Å². The van der Waals surface area contributed by atoms with Crippen LogP contribution in [0, 0.1) is 19.7 Å². The van der Waals surface area contributed by atoms with E-state index in [9.17, 15) is 9.18 Å². The molecule has 0 aliphatic carbocycles. The van der Waals surface area contributed by atoms with E-state index in [4.69, 9.17) is 5.11 Å². The number of carboxylic acid groups (broad SMARTS) is 1. The van der Waals surface area contributed by atoms with Gasteiger partial charge in [0.05, 0.1) is 11.9 Å². The average molecular weight is 235 g/mol. The fraction of sp³-hybridized carbons (Fsp3) is 0.308. The molecule has 1 heterocycles. The van der Waals surface area contributed by atoms with E-state index in [2.05, 4.69) is 0 Å². The van der Waals surface area contributed by atoms with Crippen molar-refractivity contribution in [2.24, 2.45) is 0 Å². The van der Waals surface area contributed by atoms with Gasteiger partial charge in [-0.3, -0.25) is 4.79 Å². The van der Waals surface area contributed by atoms with Crippen LogP contribution in [0.15, 0.2) is 18.2 Å². The number of aryl methyl sites for hydroxylation is 2. The zero-order valence-corrected chi connectivity index (χ0v) is 9.83. The van der Waals surface area contributed by atoms with Gasteiger partial charge in [-0.25, -0.2) is 4.39 Å². The Hall–Kier alpha value is -1.84. The van der Waals surface area contributed by atoms with Gasteiger partial charge in [-0.05, 0) is 25.5 Å². The smallest absolute Gasteiger partial charge is 0.305 e. The van der Waals surface area contributed by atoms with Crippen molar-refractivity contribution in [2.45, 2.75) is 26.8 Å². The van der Waals surface area contributed by atoms with Crippen molar-refractivity contribution in [2.75, 3.05) is 0 Å². The van der Waals surface area contributed by atoms with Gasteiger partial charge < -0.3 is 9.67 Å². The third-order valence-electron chi connectivity index (χ3n) is 3.16. The zero-order chi connectivity index (χ0) is 12.6. The van der Waals surface area contributed by atoms with Crippen molar-refractivity contribution in [3.8, 4) is 0 Å². The molecule has 1 N–H and O–H groups in total. The molecule has 0 fully saturated rings. The van der Waals surface area contributed by atoms with Crippen LogP contribution in [0.5, 0.6) is 0 Å². The minimum atomic E-state index is -0.875. The van der Waals surface area contributed by atoms with Gasteiger partial charge in [0.25, 0.3) is 0 Å². The van der Waals surface area contributed by atoms with E-state index in [1.54, 1.807) is 10.6 Å². The van der Waals surface area contributed by atoms with Gasteiger partial charge in [0, 0.05) is 17.6 Å². The van der Waals surface area contributed by atoms with Crippen LogP contribution in [0.2, 0.25) is 0 Å². The van der Waals surface area contributed by atoms with E-state index in [1.807, 2.05) is 19.9 Å². The van der Waals surface area contributed by atoms with E-state index in [1.165, 1.54) is 6.07 Å². The van der Waals surface area contributed by atoms with Gasteiger partial charge in [0.1, 0.15) is 5.82 Å². The first-order valence-electron chi connectivity index (χ1n) is 5.48. The van der Waals surface area contributed by atoms with Crippen molar-refractivity contribution in [1.29, 1.82) is 0 Å². The second-order valence-corrected chi connectivity index (χ2v) is 4.14. The Labute approximate surface area is 98.5 Å². The molecule has 0 unspecified atom stereocenters. The molecule has 0 spiro atoms. The molecule has 0 aliphatic heterocycles. The van der Waals surface area contributed by atoms with E-state index in [0.29, 0.717) is 12.1 Å². The topological polar surface area (TPSA) is 42.2 Å². The number of aliphatic carboxylic acids is 1. The fourth-order valence-corrected chi connectivity index (χ4v) is 2.14. The summed E-state index contributed by atoms with van der Waals surface area (Å²) in [6.07, 6.45) is -0.00159. The van der Waals surface area contributed by atoms with Crippen molar-refractivity contribution in [3.05, 3.63) is 35.3 Å². The van der Waals surface area contributed by atoms with Crippen molar-refractivity contribution >= 4 is 16.9 Å². The first-order chi connectivity index (χ1) is 8.02. The molecule has 0 amide bonds. The van der Waals surface area contributed by atoms with Crippen LogP contribution in [0.25, 0.3) is 10.9 Å². The number of carboxylic acids is 1. The third-order valence-corrected chi connectivity index (χ3v) is 3.16. The van der Waals surface area contributed by atoms with Gasteiger partial charge in [0.2, 0.25) is 0 Å². The lowest BCUT2D eigenvalue weighted by atomic mass is 10.1. The van der Waals surface area contributed by atoms with Gasteiger partial charge in [-0.1, -0.05) is 12.1 Å². The Morgan fingerprint density at radius 1 is 1.41 bits per heavy atom. The van der Waals surface area contributed by atoms with Gasteiger partial charge in [-0.2, -0.15) is 0 Å². The maximum Gasteiger partial charge on any atom is 0.305 e. The molecule has 0 aliphatic rings. The molecular formula is C13H14FNO2. The lowest BCUT2D eigenvalue weighted by Gasteiger charge is -2.06. The minimum Gasteiger partial charge on any atom is -0.481 e. The Bertz CT molecular complexity index is 587. The highest BCUT2D eigenvalue weighted by atomic mass is 19.1. The third kappa shape index (κ3) is 1.90. The number of nitrogens with zero attached hydrogens (tertiary/aromatic N) is 1. The van der Waals surface area contributed by atoms with Crippen LogP contribution in [0.4, 0.5) is 4.39 Å². The van der Waals surface area contributed by atoms with Crippen LogP contribution < -0.4 is 0 Å². The highest BCUT2D eigenvalue weighted by Gasteiger charge is 2.14. The van der Waals surface area contributed by atoms with E-state index < -0.39 is 5.97 Å². The van der Waals surface area contributed by atoms with Gasteiger partial charge in [-0.15, -0.1) is 0 Å². The molecule has 1 aromatic carbocycles. The maximum atomic E-state index is 13.8. The molecule has 0 bridgehead atoms. The summed E-state index contributed by atoms with van der Waals surface area (Å²) in [5.41, 5.74) is 2.43. The van der Waals surface area contributed by atoms with Crippen LogP contribution in [-0.4, -0.2) is 15.6 Å². The summed E-state index contributed by atoms with van der Waals surface area (Å²) in [4.78, 5) is 10.6. The molecule has 2 rings (SSSR count). The minimum absolute atomic E-state index is 0.00159. The summed E-state index contributed by atoms with van der Waals surface area (Å²) in [6.45, 7) is 4.11. The number of benzene rings is 1. The fourth-order valence-electron chi connectivity index (χ4n) is 2.14. The summed E-state index contributed by atoms with van der Waals surface area (Å²) < 4.78 is 15.5. The summed E-state index contributed by atoms with van der Waals surface area (Å²) in [5.74, 6) is -1.18. The predicted octanol–water partition coefficient (Wildman–Crippen LogP) is 2.87. The highest BCUT2D eigenvalue weighted by molar-refractivity contribution is 5.85. The Morgan fingerprint density at radius 3 is 2.76 bits per heavy atom. The Kier molecular flexibility index (Phi) is 2.88. The largest absolute Gasteiger partial charge is 0.481 e. The number of hydrogen-bond acceptors (Lipinski definition) is 1. The monoisotopic (exact) mass is 235 g/mol. The van der Waals surface area contributed by atoms with E-state index >= 15 is 0 Å². The second kappa shape index (κ2) is 4.20. The number of hydrogen-bond donors (Lipinski definition) is 1. The Morgan fingerprint density at radius 2 is 2.12 bits per heavy atom. The average Bonchev–Trinajstić information content (AvgIpc) is 2.52. The quantitative estimate of drug-likeness (QED) is 0.888. The number of para-hydroxylation sites is 1. The van der Waals surface area contributed by atoms with Gasteiger partial charge in [0.15, 0.2) is 0 Å². The number of rotatable bonds is 3. The summed E-state index contributed by atoms with van der Waals surface area (Å²) >= 11 is 0. The first kappa shape index (κ1) is 11.6. The summed E-state index contributed by atoms with van der Waals surface area (Å²) in [7, 11) is 0. The maximum absolute atomic E-state index is 13.8. The van der Waals surface area contributed by atoms with Crippen molar-refractivity contribution < 1.29 is 14.3 Å². The number of fused-ring (bicyclic) bond motifs is 1. The second-order valence-electron chi connectivity index (χ2n) is 4.14. The lowest BCUT2D eigenvalue weighted by molar-refractivity contribution is -0.137. The summed E-state index contributed by atoms with van der Waals surface area (Å²) in [6, 6.07) is 4.93. The number of halogens is 1. The standard InChI is InChI=1S/C13H14FNO2/c1-8-9(2)15(7-6-12(16)17)13-10(8)4-3-5-11(13)14/h3-5H,6-7H2,1-2H3,(H,16,17). The molecule has 0 atom stereocenters. The molecule has 2 aromatic rings. The Balaban J connectivity index is 2.60. The van der Waals surface area contributed by atoms with Crippen LogP contribution in [-0.2, 0) is 11.3 Å². The molecule has 4 heteroatoms. The van der Waals surface area contributed by atoms with Crippen molar-refractivity contribution in [1.82, 2.24) is 4.57 Å². The molecule has 3 nitrogen and oxygen atoms in total. The van der Waals surface area contributed by atoms with Gasteiger partial charge >= 0.3 is 5.97 Å². The zero-order valence-electron chi connectivity index (χ0n) is 9.83. The number of carbonyl (C=O) groups is 1. The molecule has 0 saturated heterocycles. The first-order valence-corrected chi connectivity index (χ1v) is 5.48.